The normalized spacial score (nSPS) is 13.8. The Bertz CT molecular complexity index is 261. The molecule has 0 rings (SSSR count). The zero-order chi connectivity index (χ0) is 12.6. The van der Waals surface area contributed by atoms with E-state index in [9.17, 15) is 9.59 Å². The summed E-state index contributed by atoms with van der Waals surface area (Å²) in [6, 6.07) is 0. The largest absolute Gasteiger partial charge is 0.484 e. The third-order valence-corrected chi connectivity index (χ3v) is 2.38. The van der Waals surface area contributed by atoms with Crippen molar-refractivity contribution >= 4 is 11.9 Å². The van der Waals surface area contributed by atoms with Gasteiger partial charge in [0, 0.05) is 12.8 Å². The predicted octanol–water partition coefficient (Wildman–Crippen LogP) is 2.02. The molecule has 0 aromatic rings. The van der Waals surface area contributed by atoms with Crippen LogP contribution in [-0.2, 0) is 14.3 Å². The second kappa shape index (κ2) is 6.87. The van der Waals surface area contributed by atoms with Crippen molar-refractivity contribution in [3.8, 4) is 0 Å². The second-order valence-corrected chi connectivity index (χ2v) is 3.58. The zero-order valence-electron chi connectivity index (χ0n) is 9.44. The highest BCUT2D eigenvalue weighted by atomic mass is 16.5. The number of hydrogen-bond donors (Lipinski definition) is 2. The topological polar surface area (TPSA) is 83.8 Å². The molecule has 0 aliphatic rings. The van der Waals surface area contributed by atoms with Crippen LogP contribution < -0.4 is 0 Å². The monoisotopic (exact) mass is 230 g/mol. The van der Waals surface area contributed by atoms with Crippen LogP contribution in [0.3, 0.4) is 0 Å². The lowest BCUT2D eigenvalue weighted by molar-refractivity contribution is -0.162. The van der Waals surface area contributed by atoms with Crippen molar-refractivity contribution in [2.45, 2.75) is 44.6 Å². The zero-order valence-corrected chi connectivity index (χ0v) is 9.44. The summed E-state index contributed by atoms with van der Waals surface area (Å²) in [7, 11) is 0. The first-order valence-electron chi connectivity index (χ1n) is 5.22. The molecule has 1 atom stereocenters. The molecule has 0 saturated heterocycles. The van der Waals surface area contributed by atoms with Crippen LogP contribution in [0.2, 0.25) is 0 Å². The fourth-order valence-electron chi connectivity index (χ4n) is 1.44. The Labute approximate surface area is 94.7 Å². The van der Waals surface area contributed by atoms with Crippen molar-refractivity contribution in [1.82, 2.24) is 0 Å². The van der Waals surface area contributed by atoms with Crippen molar-refractivity contribution in [3.05, 3.63) is 12.8 Å². The van der Waals surface area contributed by atoms with E-state index in [-0.39, 0.29) is 19.3 Å². The Balaban J connectivity index is 4.69. The summed E-state index contributed by atoms with van der Waals surface area (Å²) in [6.45, 7) is 5.26. The molecule has 0 aromatic carbocycles. The summed E-state index contributed by atoms with van der Waals surface area (Å²) in [5.41, 5.74) is -1.45. The maximum Gasteiger partial charge on any atom is 0.348 e. The lowest BCUT2D eigenvalue weighted by atomic mass is 9.91. The van der Waals surface area contributed by atoms with Gasteiger partial charge in [0.2, 0.25) is 5.60 Å². The molecule has 0 amide bonds. The van der Waals surface area contributed by atoms with Gasteiger partial charge < -0.3 is 14.9 Å². The smallest absolute Gasteiger partial charge is 0.348 e. The molecule has 2 N–H and O–H groups in total. The average Bonchev–Trinajstić information content (AvgIpc) is 2.22. The van der Waals surface area contributed by atoms with Gasteiger partial charge in [-0.05, 0) is 12.8 Å². The standard InChI is InChI=1S/C11H18O5/c1-3-5-7-11(10(14)15,16-4-2)8-6-9(12)13/h4H,2-3,5-8H2,1H3,(H,12,13)(H,14,15). The van der Waals surface area contributed by atoms with Crippen LogP contribution in [0.4, 0.5) is 0 Å². The number of rotatable bonds is 9. The van der Waals surface area contributed by atoms with Crippen LogP contribution in [0.1, 0.15) is 39.0 Å². The predicted molar refractivity (Wildman–Crippen MR) is 58.0 cm³/mol. The summed E-state index contributed by atoms with van der Waals surface area (Å²) in [6.07, 6.45) is 2.56. The fourth-order valence-corrected chi connectivity index (χ4v) is 1.44. The number of carboxylic acid groups (broad SMARTS) is 2. The first-order valence-corrected chi connectivity index (χ1v) is 5.22. The molecular formula is C11H18O5. The minimum atomic E-state index is -1.45. The molecule has 0 saturated carbocycles. The van der Waals surface area contributed by atoms with E-state index in [0.29, 0.717) is 6.42 Å². The minimum absolute atomic E-state index is 0.0519. The van der Waals surface area contributed by atoms with Gasteiger partial charge in [0.05, 0.1) is 6.26 Å². The van der Waals surface area contributed by atoms with Gasteiger partial charge in [-0.3, -0.25) is 4.79 Å². The highest BCUT2D eigenvalue weighted by Crippen LogP contribution is 2.26. The first-order chi connectivity index (χ1) is 7.48. The molecular weight excluding hydrogens is 212 g/mol. The molecule has 0 aromatic heterocycles. The van der Waals surface area contributed by atoms with Gasteiger partial charge in [0.25, 0.3) is 0 Å². The third kappa shape index (κ3) is 4.33. The number of aliphatic carboxylic acids is 2. The number of carboxylic acids is 2. The number of unbranched alkanes of at least 4 members (excludes halogenated alkanes) is 1. The molecule has 1 unspecified atom stereocenters. The van der Waals surface area contributed by atoms with E-state index in [1.54, 1.807) is 0 Å². The van der Waals surface area contributed by atoms with Gasteiger partial charge in [-0.1, -0.05) is 19.9 Å². The van der Waals surface area contributed by atoms with Crippen LogP contribution in [0, 0.1) is 0 Å². The maximum absolute atomic E-state index is 11.2. The molecule has 5 nitrogen and oxygen atoms in total. The first kappa shape index (κ1) is 14.5. The number of ether oxygens (including phenoxy) is 1. The second-order valence-electron chi connectivity index (χ2n) is 3.58. The minimum Gasteiger partial charge on any atom is -0.484 e. The van der Waals surface area contributed by atoms with E-state index in [1.165, 1.54) is 0 Å². The van der Waals surface area contributed by atoms with E-state index in [1.807, 2.05) is 6.92 Å². The Hall–Kier alpha value is -1.52. The Morgan fingerprint density at radius 2 is 2.00 bits per heavy atom. The molecule has 0 heterocycles. The lowest BCUT2D eigenvalue weighted by Gasteiger charge is -2.28. The quantitative estimate of drug-likeness (QED) is 0.592. The number of carbonyl (C=O) groups is 2. The van der Waals surface area contributed by atoms with Crippen molar-refractivity contribution in [2.24, 2.45) is 0 Å². The average molecular weight is 230 g/mol. The molecule has 0 spiro atoms. The van der Waals surface area contributed by atoms with Crippen molar-refractivity contribution in [2.75, 3.05) is 0 Å². The molecule has 0 aliphatic heterocycles. The summed E-state index contributed by atoms with van der Waals surface area (Å²) < 4.78 is 5.04. The number of hydrogen-bond acceptors (Lipinski definition) is 3. The van der Waals surface area contributed by atoms with E-state index in [2.05, 4.69) is 6.58 Å². The van der Waals surface area contributed by atoms with Crippen LogP contribution in [0.5, 0.6) is 0 Å². The van der Waals surface area contributed by atoms with Crippen molar-refractivity contribution < 1.29 is 24.5 Å². The molecule has 0 radical (unpaired) electrons. The van der Waals surface area contributed by atoms with Crippen LogP contribution in [0.25, 0.3) is 0 Å². The summed E-state index contributed by atoms with van der Waals surface area (Å²) >= 11 is 0. The summed E-state index contributed by atoms with van der Waals surface area (Å²) in [5, 5.41) is 17.7. The van der Waals surface area contributed by atoms with Crippen LogP contribution in [-0.4, -0.2) is 27.8 Å². The Morgan fingerprint density at radius 3 is 2.38 bits per heavy atom. The van der Waals surface area contributed by atoms with E-state index >= 15 is 0 Å². The lowest BCUT2D eigenvalue weighted by Crippen LogP contribution is -2.40. The SMILES string of the molecule is C=COC(CCCC)(CCC(=O)O)C(=O)O. The van der Waals surface area contributed by atoms with Gasteiger partial charge in [0.1, 0.15) is 0 Å². The molecule has 92 valence electrons. The van der Waals surface area contributed by atoms with Crippen molar-refractivity contribution in [1.29, 1.82) is 0 Å². The molecule has 0 aliphatic carbocycles. The van der Waals surface area contributed by atoms with Gasteiger partial charge >= 0.3 is 11.9 Å². The summed E-state index contributed by atoms with van der Waals surface area (Å²) in [4.78, 5) is 21.6. The van der Waals surface area contributed by atoms with Crippen LogP contribution in [0.15, 0.2) is 12.8 Å². The van der Waals surface area contributed by atoms with Crippen LogP contribution >= 0.6 is 0 Å². The van der Waals surface area contributed by atoms with E-state index < -0.39 is 17.5 Å². The van der Waals surface area contributed by atoms with E-state index in [4.69, 9.17) is 14.9 Å². The van der Waals surface area contributed by atoms with Gasteiger partial charge in [-0.25, -0.2) is 4.79 Å². The molecule has 0 fully saturated rings. The molecule has 5 heteroatoms. The highest BCUT2D eigenvalue weighted by Gasteiger charge is 2.39. The molecule has 16 heavy (non-hydrogen) atoms. The van der Waals surface area contributed by atoms with Crippen molar-refractivity contribution in [3.63, 3.8) is 0 Å². The molecule has 0 bridgehead atoms. The third-order valence-electron chi connectivity index (χ3n) is 2.38. The summed E-state index contributed by atoms with van der Waals surface area (Å²) in [5.74, 6) is -2.17. The Morgan fingerprint density at radius 1 is 1.38 bits per heavy atom. The van der Waals surface area contributed by atoms with Gasteiger partial charge in [-0.15, -0.1) is 0 Å². The Kier molecular flexibility index (Phi) is 6.22. The van der Waals surface area contributed by atoms with Gasteiger partial charge in [-0.2, -0.15) is 0 Å². The highest BCUT2D eigenvalue weighted by molar-refractivity contribution is 5.78. The van der Waals surface area contributed by atoms with E-state index in [0.717, 1.165) is 12.7 Å². The fraction of sp³-hybridized carbons (Fsp3) is 0.636. The van der Waals surface area contributed by atoms with Gasteiger partial charge in [0.15, 0.2) is 0 Å². The maximum atomic E-state index is 11.2.